The summed E-state index contributed by atoms with van der Waals surface area (Å²) in [4.78, 5) is 13.7. The number of para-hydroxylation sites is 1. The van der Waals surface area contributed by atoms with E-state index in [4.69, 9.17) is 14.2 Å². The van der Waals surface area contributed by atoms with Crippen molar-refractivity contribution in [2.24, 2.45) is 0 Å². The van der Waals surface area contributed by atoms with Gasteiger partial charge in [-0.15, -0.1) is 0 Å². The molecule has 1 N–H and O–H groups in total. The van der Waals surface area contributed by atoms with Gasteiger partial charge in [-0.25, -0.2) is 0 Å². The van der Waals surface area contributed by atoms with Gasteiger partial charge in [0.25, 0.3) is 0 Å². The van der Waals surface area contributed by atoms with Crippen LogP contribution in [-0.4, -0.2) is 45.9 Å². The second-order valence-corrected chi connectivity index (χ2v) is 6.28. The van der Waals surface area contributed by atoms with Gasteiger partial charge >= 0.3 is 0 Å². The molecule has 2 aromatic carbocycles. The number of benzene rings is 2. The number of carbonyl (C=O) groups excluding carboxylic acids is 1. The Balaban J connectivity index is 1.36. The van der Waals surface area contributed by atoms with Gasteiger partial charge in [-0.3, -0.25) is 4.79 Å². The summed E-state index contributed by atoms with van der Waals surface area (Å²) in [6, 6.07) is 15.5. The van der Waals surface area contributed by atoms with Gasteiger partial charge in [-0.2, -0.15) is 0 Å². The van der Waals surface area contributed by atoms with Gasteiger partial charge in [-0.05, 0) is 30.3 Å². The Labute approximate surface area is 160 Å². The predicted molar refractivity (Wildman–Crippen MR) is 104 cm³/mol. The number of ether oxygens (including phenoxy) is 3. The molecule has 144 valence electrons. The van der Waals surface area contributed by atoms with E-state index in [-0.39, 0.29) is 5.91 Å². The predicted octanol–water partition coefficient (Wildman–Crippen LogP) is 2.62. The van der Waals surface area contributed by atoms with Gasteiger partial charge in [0.2, 0.25) is 5.91 Å². The molecule has 3 rings (SSSR count). The van der Waals surface area contributed by atoms with E-state index in [1.807, 2.05) is 48.5 Å². The lowest BCUT2D eigenvalue weighted by atomic mass is 10.2. The molecule has 1 fully saturated rings. The Hall–Kier alpha value is -2.57. The molecule has 0 radical (unpaired) electrons. The van der Waals surface area contributed by atoms with Crippen molar-refractivity contribution in [2.45, 2.75) is 13.0 Å². The number of hydrogen-bond donors (Lipinski definition) is 1. The molecule has 0 bridgehead atoms. The lowest BCUT2D eigenvalue weighted by Crippen LogP contribution is -2.48. The molecule has 1 heterocycles. The highest BCUT2D eigenvalue weighted by Gasteiger charge is 2.18. The molecule has 0 atom stereocenters. The summed E-state index contributed by atoms with van der Waals surface area (Å²) in [6.07, 6.45) is 0.799. The Morgan fingerprint density at radius 1 is 1.07 bits per heavy atom. The highest BCUT2D eigenvalue weighted by molar-refractivity contribution is 5.95. The summed E-state index contributed by atoms with van der Waals surface area (Å²) >= 11 is 0. The molecule has 0 spiro atoms. The van der Waals surface area contributed by atoms with E-state index < -0.39 is 0 Å². The standard InChI is InChI=1S/C21H26N2O4/c1-25-20-6-3-2-5-17(20)16-26-13-4-14-27-19-9-7-18(8-10-19)23-12-11-22-15-21(23)24/h2-3,5-10,22H,4,11-16H2,1H3. The monoisotopic (exact) mass is 370 g/mol. The molecule has 6 nitrogen and oxygen atoms in total. The van der Waals surface area contributed by atoms with E-state index in [1.165, 1.54) is 0 Å². The zero-order chi connectivity index (χ0) is 18.9. The topological polar surface area (TPSA) is 60.0 Å². The number of anilines is 1. The minimum Gasteiger partial charge on any atom is -0.496 e. The van der Waals surface area contributed by atoms with Gasteiger partial charge in [0.15, 0.2) is 0 Å². The van der Waals surface area contributed by atoms with E-state index >= 15 is 0 Å². The van der Waals surface area contributed by atoms with Crippen molar-refractivity contribution < 1.29 is 19.0 Å². The second kappa shape index (κ2) is 9.94. The van der Waals surface area contributed by atoms with Crippen molar-refractivity contribution in [3.8, 4) is 11.5 Å². The van der Waals surface area contributed by atoms with Crippen LogP contribution >= 0.6 is 0 Å². The van der Waals surface area contributed by atoms with Crippen LogP contribution in [0.15, 0.2) is 48.5 Å². The van der Waals surface area contributed by atoms with Gasteiger partial charge < -0.3 is 24.4 Å². The number of amides is 1. The zero-order valence-electron chi connectivity index (χ0n) is 15.6. The van der Waals surface area contributed by atoms with Crippen molar-refractivity contribution in [3.05, 3.63) is 54.1 Å². The Morgan fingerprint density at radius 3 is 2.67 bits per heavy atom. The molecule has 6 heteroatoms. The maximum Gasteiger partial charge on any atom is 0.240 e. The first-order chi connectivity index (χ1) is 13.3. The molecule has 0 aromatic heterocycles. The molecule has 1 saturated heterocycles. The molecule has 1 aliphatic heterocycles. The summed E-state index contributed by atoms with van der Waals surface area (Å²) in [5, 5.41) is 3.07. The first kappa shape index (κ1) is 19.2. The molecular formula is C21H26N2O4. The molecule has 0 aliphatic carbocycles. The first-order valence-corrected chi connectivity index (χ1v) is 9.21. The fraction of sp³-hybridized carbons (Fsp3) is 0.381. The lowest BCUT2D eigenvalue weighted by Gasteiger charge is -2.27. The fourth-order valence-corrected chi connectivity index (χ4v) is 2.96. The maximum absolute atomic E-state index is 11.9. The van der Waals surface area contributed by atoms with E-state index in [0.717, 1.165) is 35.7 Å². The maximum atomic E-state index is 11.9. The molecule has 27 heavy (non-hydrogen) atoms. The van der Waals surface area contributed by atoms with Crippen molar-refractivity contribution in [2.75, 3.05) is 44.9 Å². The molecule has 0 saturated carbocycles. The number of nitrogens with zero attached hydrogens (tertiary/aromatic N) is 1. The Kier molecular flexibility index (Phi) is 7.07. The summed E-state index contributed by atoms with van der Waals surface area (Å²) in [5.41, 5.74) is 1.95. The summed E-state index contributed by atoms with van der Waals surface area (Å²) in [7, 11) is 1.66. The van der Waals surface area contributed by atoms with Gasteiger partial charge in [-0.1, -0.05) is 18.2 Å². The Bertz CT molecular complexity index is 733. The third-order valence-corrected chi connectivity index (χ3v) is 4.39. The van der Waals surface area contributed by atoms with Gasteiger partial charge in [0, 0.05) is 30.8 Å². The van der Waals surface area contributed by atoms with Gasteiger partial charge in [0.05, 0.1) is 33.5 Å². The summed E-state index contributed by atoms with van der Waals surface area (Å²) < 4.78 is 16.8. The van der Waals surface area contributed by atoms with E-state index in [9.17, 15) is 4.79 Å². The van der Waals surface area contributed by atoms with Crippen LogP contribution in [0.1, 0.15) is 12.0 Å². The van der Waals surface area contributed by atoms with Crippen LogP contribution in [0.25, 0.3) is 0 Å². The zero-order valence-corrected chi connectivity index (χ0v) is 15.6. The number of methoxy groups -OCH3 is 1. The van der Waals surface area contributed by atoms with Crippen molar-refractivity contribution >= 4 is 11.6 Å². The van der Waals surface area contributed by atoms with Gasteiger partial charge in [0.1, 0.15) is 11.5 Å². The third kappa shape index (κ3) is 5.45. The first-order valence-electron chi connectivity index (χ1n) is 9.21. The van der Waals surface area contributed by atoms with Crippen LogP contribution in [0.5, 0.6) is 11.5 Å². The molecule has 0 unspecified atom stereocenters. The molecule has 1 amide bonds. The molecule has 2 aromatic rings. The fourth-order valence-electron chi connectivity index (χ4n) is 2.96. The van der Waals surface area contributed by atoms with Crippen molar-refractivity contribution in [1.82, 2.24) is 5.32 Å². The average molecular weight is 370 g/mol. The number of rotatable bonds is 9. The quantitative estimate of drug-likeness (QED) is 0.688. The van der Waals surface area contributed by atoms with Crippen LogP contribution in [0, 0.1) is 0 Å². The van der Waals surface area contributed by atoms with Crippen LogP contribution in [0.4, 0.5) is 5.69 Å². The van der Waals surface area contributed by atoms with Crippen LogP contribution in [-0.2, 0) is 16.1 Å². The van der Waals surface area contributed by atoms with E-state index in [1.54, 1.807) is 12.0 Å². The second-order valence-electron chi connectivity index (χ2n) is 6.28. The number of hydrogen-bond acceptors (Lipinski definition) is 5. The minimum absolute atomic E-state index is 0.0992. The van der Waals surface area contributed by atoms with Crippen LogP contribution < -0.4 is 19.7 Å². The minimum atomic E-state index is 0.0992. The number of nitrogens with one attached hydrogen (secondary N) is 1. The normalized spacial score (nSPS) is 14.3. The van der Waals surface area contributed by atoms with Crippen molar-refractivity contribution in [1.29, 1.82) is 0 Å². The van der Waals surface area contributed by atoms with E-state index in [0.29, 0.717) is 32.9 Å². The third-order valence-electron chi connectivity index (χ3n) is 4.39. The SMILES string of the molecule is COc1ccccc1COCCCOc1ccc(N2CCNCC2=O)cc1. The van der Waals surface area contributed by atoms with E-state index in [2.05, 4.69) is 5.32 Å². The summed E-state index contributed by atoms with van der Waals surface area (Å²) in [6.45, 7) is 3.63. The lowest BCUT2D eigenvalue weighted by molar-refractivity contribution is -0.118. The Morgan fingerprint density at radius 2 is 1.89 bits per heavy atom. The number of carbonyl (C=O) groups is 1. The van der Waals surface area contributed by atoms with Crippen LogP contribution in [0.2, 0.25) is 0 Å². The molecular weight excluding hydrogens is 344 g/mol. The van der Waals surface area contributed by atoms with Crippen molar-refractivity contribution in [3.63, 3.8) is 0 Å². The number of piperazine rings is 1. The molecule has 1 aliphatic rings. The highest BCUT2D eigenvalue weighted by atomic mass is 16.5. The average Bonchev–Trinajstić information content (AvgIpc) is 2.72. The highest BCUT2D eigenvalue weighted by Crippen LogP contribution is 2.21. The summed E-state index contributed by atoms with van der Waals surface area (Å²) in [5.74, 6) is 1.74. The smallest absolute Gasteiger partial charge is 0.240 e. The largest absolute Gasteiger partial charge is 0.496 e. The van der Waals surface area contributed by atoms with Crippen LogP contribution in [0.3, 0.4) is 0 Å².